The third-order valence-corrected chi connectivity index (χ3v) is 3.33. The molecule has 0 unspecified atom stereocenters. The summed E-state index contributed by atoms with van der Waals surface area (Å²) in [6, 6.07) is 6.97. The third-order valence-electron chi connectivity index (χ3n) is 3.33. The maximum absolute atomic E-state index is 11.4. The normalized spacial score (nSPS) is 12.5. The largest absolute Gasteiger partial charge is 0.475 e. The fourth-order valence-electron chi connectivity index (χ4n) is 2.34. The Bertz CT molecular complexity index is 887. The molecule has 0 saturated carbocycles. The maximum atomic E-state index is 11.4. The average molecular weight is 298 g/mol. The Balaban J connectivity index is 1.80. The fourth-order valence-corrected chi connectivity index (χ4v) is 2.34. The van der Waals surface area contributed by atoms with Crippen molar-refractivity contribution in [3.63, 3.8) is 0 Å². The molecule has 0 amide bonds. The number of nitrogens with zero attached hydrogens (tertiary/aromatic N) is 1. The van der Waals surface area contributed by atoms with Crippen LogP contribution in [0.1, 0.15) is 10.6 Å². The molecule has 4 rings (SSSR count). The summed E-state index contributed by atoms with van der Waals surface area (Å²) in [5.41, 5.74) is 1.46. The first-order valence-corrected chi connectivity index (χ1v) is 6.49. The van der Waals surface area contributed by atoms with Crippen LogP contribution < -0.4 is 14.8 Å². The van der Waals surface area contributed by atoms with Crippen LogP contribution in [0.5, 0.6) is 11.5 Å². The molecule has 22 heavy (non-hydrogen) atoms. The first-order valence-electron chi connectivity index (χ1n) is 6.49. The molecule has 1 aromatic carbocycles. The molecule has 7 heteroatoms. The minimum absolute atomic E-state index is 0.166. The highest BCUT2D eigenvalue weighted by Gasteiger charge is 2.21. The molecule has 0 fully saturated rings. The van der Waals surface area contributed by atoms with Gasteiger partial charge in [-0.15, -0.1) is 0 Å². The lowest BCUT2D eigenvalue weighted by Crippen LogP contribution is -1.99. The lowest BCUT2D eigenvalue weighted by atomic mass is 10.2. The van der Waals surface area contributed by atoms with E-state index in [4.69, 9.17) is 13.9 Å². The number of aromatic nitrogens is 1. The van der Waals surface area contributed by atoms with Gasteiger partial charge in [0.25, 0.3) is 0 Å². The van der Waals surface area contributed by atoms with E-state index in [1.165, 1.54) is 6.20 Å². The summed E-state index contributed by atoms with van der Waals surface area (Å²) in [5.74, 6) is -0.0540. The van der Waals surface area contributed by atoms with Crippen molar-refractivity contribution >= 4 is 28.3 Å². The van der Waals surface area contributed by atoms with E-state index in [0.29, 0.717) is 33.8 Å². The highest BCUT2D eigenvalue weighted by atomic mass is 16.7. The van der Waals surface area contributed by atoms with Gasteiger partial charge in [-0.25, -0.2) is 4.79 Å². The van der Waals surface area contributed by atoms with Gasteiger partial charge in [0.1, 0.15) is 5.69 Å². The molecule has 0 atom stereocenters. The Labute approximate surface area is 124 Å². The van der Waals surface area contributed by atoms with E-state index >= 15 is 0 Å². The maximum Gasteiger partial charge on any atom is 0.374 e. The number of furan rings is 1. The van der Waals surface area contributed by atoms with Gasteiger partial charge in [-0.2, -0.15) is 0 Å². The number of nitrogens with one attached hydrogen (secondary N) is 1. The molecule has 3 heterocycles. The predicted octanol–water partition coefficient (Wildman–Crippen LogP) is 3.00. The molecule has 0 aliphatic carbocycles. The molecular formula is C15H10N2O5. The first-order chi connectivity index (χ1) is 10.7. The Morgan fingerprint density at radius 1 is 1.23 bits per heavy atom. The second kappa shape index (κ2) is 4.66. The van der Waals surface area contributed by atoms with Crippen LogP contribution in [0.25, 0.3) is 11.0 Å². The number of benzene rings is 1. The summed E-state index contributed by atoms with van der Waals surface area (Å²) in [6.45, 7) is 0.180. The summed E-state index contributed by atoms with van der Waals surface area (Å²) in [4.78, 5) is 15.3. The summed E-state index contributed by atoms with van der Waals surface area (Å²) in [7, 11) is 0. The van der Waals surface area contributed by atoms with E-state index in [9.17, 15) is 9.90 Å². The number of ether oxygens (including phenoxy) is 2. The molecule has 3 aromatic rings. The quantitative estimate of drug-likeness (QED) is 0.767. The Kier molecular flexibility index (Phi) is 2.65. The second-order valence-electron chi connectivity index (χ2n) is 4.68. The van der Waals surface area contributed by atoms with Crippen LogP contribution in [-0.4, -0.2) is 22.9 Å². The number of carbonyl (C=O) groups is 1. The smallest absolute Gasteiger partial charge is 0.374 e. The van der Waals surface area contributed by atoms with Crippen molar-refractivity contribution in [1.82, 2.24) is 4.98 Å². The zero-order valence-corrected chi connectivity index (χ0v) is 11.2. The summed E-state index contributed by atoms with van der Waals surface area (Å²) < 4.78 is 15.9. The molecule has 1 aliphatic rings. The van der Waals surface area contributed by atoms with E-state index < -0.39 is 5.97 Å². The molecular weight excluding hydrogens is 288 g/mol. The highest BCUT2D eigenvalue weighted by Crippen LogP contribution is 2.37. The van der Waals surface area contributed by atoms with Crippen LogP contribution in [0.4, 0.5) is 11.4 Å². The minimum atomic E-state index is -1.15. The topological polar surface area (TPSA) is 93.8 Å². The van der Waals surface area contributed by atoms with Gasteiger partial charge in [-0.1, -0.05) is 0 Å². The Morgan fingerprint density at radius 2 is 2.09 bits per heavy atom. The second-order valence-corrected chi connectivity index (χ2v) is 4.68. The van der Waals surface area contributed by atoms with Gasteiger partial charge < -0.3 is 24.3 Å². The molecule has 110 valence electrons. The third kappa shape index (κ3) is 1.91. The zero-order chi connectivity index (χ0) is 15.1. The molecule has 7 nitrogen and oxygen atoms in total. The molecule has 0 bridgehead atoms. The van der Waals surface area contributed by atoms with E-state index in [-0.39, 0.29) is 12.6 Å². The number of pyridine rings is 1. The number of carboxylic acids is 1. The van der Waals surface area contributed by atoms with Gasteiger partial charge in [0.2, 0.25) is 12.6 Å². The highest BCUT2D eigenvalue weighted by molar-refractivity contribution is 6.04. The number of hydrogen-bond donors (Lipinski definition) is 2. The van der Waals surface area contributed by atoms with E-state index in [2.05, 4.69) is 10.3 Å². The van der Waals surface area contributed by atoms with Crippen molar-refractivity contribution in [2.24, 2.45) is 0 Å². The van der Waals surface area contributed by atoms with Crippen molar-refractivity contribution in [2.75, 3.05) is 12.1 Å². The Morgan fingerprint density at radius 3 is 2.95 bits per heavy atom. The van der Waals surface area contributed by atoms with E-state index in [1.807, 2.05) is 0 Å². The van der Waals surface area contributed by atoms with Crippen molar-refractivity contribution in [3.8, 4) is 11.5 Å². The van der Waals surface area contributed by atoms with Gasteiger partial charge >= 0.3 is 5.97 Å². The summed E-state index contributed by atoms with van der Waals surface area (Å²) in [5, 5.41) is 13.0. The standard InChI is InChI=1S/C15H10N2O5/c18-15(19)14-13(9-3-4-16-6-12(9)22-14)17-8-1-2-10-11(5-8)21-7-20-10/h1-6,17H,7H2,(H,18,19). The molecule has 0 radical (unpaired) electrons. The number of rotatable bonds is 3. The lowest BCUT2D eigenvalue weighted by molar-refractivity contribution is 0.0666. The molecule has 0 spiro atoms. The van der Waals surface area contributed by atoms with Crippen molar-refractivity contribution in [3.05, 3.63) is 42.4 Å². The van der Waals surface area contributed by atoms with Crippen LogP contribution in [0.15, 0.2) is 41.1 Å². The van der Waals surface area contributed by atoms with E-state index in [1.54, 1.807) is 30.5 Å². The Hall–Kier alpha value is -3.22. The van der Waals surface area contributed by atoms with Crippen LogP contribution in [0.2, 0.25) is 0 Å². The SMILES string of the molecule is O=C(O)c1oc2cnccc2c1Nc1ccc2c(c1)OCO2. The van der Waals surface area contributed by atoms with Gasteiger partial charge in [-0.3, -0.25) is 4.98 Å². The minimum Gasteiger partial charge on any atom is -0.475 e. The first kappa shape index (κ1) is 12.5. The number of anilines is 2. The van der Waals surface area contributed by atoms with Crippen LogP contribution in [0, 0.1) is 0 Å². The summed E-state index contributed by atoms with van der Waals surface area (Å²) >= 11 is 0. The van der Waals surface area contributed by atoms with Crippen LogP contribution in [0.3, 0.4) is 0 Å². The van der Waals surface area contributed by atoms with Crippen molar-refractivity contribution in [1.29, 1.82) is 0 Å². The number of aromatic carboxylic acids is 1. The zero-order valence-electron chi connectivity index (χ0n) is 11.2. The van der Waals surface area contributed by atoms with Crippen molar-refractivity contribution < 1.29 is 23.8 Å². The van der Waals surface area contributed by atoms with Gasteiger partial charge in [0, 0.05) is 23.3 Å². The predicted molar refractivity (Wildman–Crippen MR) is 76.8 cm³/mol. The number of fused-ring (bicyclic) bond motifs is 2. The van der Waals surface area contributed by atoms with Gasteiger partial charge in [0.05, 0.1) is 6.20 Å². The van der Waals surface area contributed by atoms with Gasteiger partial charge in [-0.05, 0) is 18.2 Å². The van der Waals surface area contributed by atoms with E-state index in [0.717, 1.165) is 0 Å². The fraction of sp³-hybridized carbons (Fsp3) is 0.0667. The monoisotopic (exact) mass is 298 g/mol. The lowest BCUT2D eigenvalue weighted by Gasteiger charge is -2.06. The molecule has 0 saturated heterocycles. The molecule has 2 N–H and O–H groups in total. The average Bonchev–Trinajstić information content (AvgIpc) is 3.12. The van der Waals surface area contributed by atoms with Crippen LogP contribution in [-0.2, 0) is 0 Å². The molecule has 1 aliphatic heterocycles. The van der Waals surface area contributed by atoms with Gasteiger partial charge in [0.15, 0.2) is 17.1 Å². The number of hydrogen-bond acceptors (Lipinski definition) is 6. The summed E-state index contributed by atoms with van der Waals surface area (Å²) in [6.07, 6.45) is 3.06. The van der Waals surface area contributed by atoms with Crippen molar-refractivity contribution in [2.45, 2.75) is 0 Å². The van der Waals surface area contributed by atoms with Crippen LogP contribution >= 0.6 is 0 Å². The number of carboxylic acid groups (broad SMARTS) is 1. The molecule has 2 aromatic heterocycles.